The quantitative estimate of drug-likeness (QED) is 0.532. The first-order chi connectivity index (χ1) is 18.6. The molecule has 2 aliphatic heterocycles. The Bertz CT molecular complexity index is 1310. The van der Waals surface area contributed by atoms with Gasteiger partial charge in [0.05, 0.1) is 49.6 Å². The van der Waals surface area contributed by atoms with Crippen LogP contribution in [0.4, 0.5) is 11.8 Å². The van der Waals surface area contributed by atoms with Gasteiger partial charge in [0.15, 0.2) is 5.65 Å². The Kier molecular flexibility index (Phi) is 7.12. The number of morpholine rings is 2. The zero-order chi connectivity index (χ0) is 26.1. The molecule has 3 aliphatic rings. The summed E-state index contributed by atoms with van der Waals surface area (Å²) in [6, 6.07) is 12.8. The van der Waals surface area contributed by atoms with Gasteiger partial charge in [0.2, 0.25) is 11.9 Å². The Morgan fingerprint density at radius 3 is 2.45 bits per heavy atom. The van der Waals surface area contributed by atoms with Crippen molar-refractivity contribution in [3.05, 3.63) is 42.0 Å². The van der Waals surface area contributed by atoms with E-state index in [4.69, 9.17) is 24.4 Å². The molecule has 3 fully saturated rings. The number of anilines is 2. The van der Waals surface area contributed by atoms with E-state index in [9.17, 15) is 4.79 Å². The van der Waals surface area contributed by atoms with Crippen LogP contribution < -0.4 is 15.1 Å². The highest BCUT2D eigenvalue weighted by Gasteiger charge is 2.28. The van der Waals surface area contributed by atoms with E-state index in [1.807, 2.05) is 18.2 Å². The third-order valence-electron chi connectivity index (χ3n) is 7.96. The topological polar surface area (TPSA) is 92.7 Å². The zero-order valence-corrected chi connectivity index (χ0v) is 22.2. The first kappa shape index (κ1) is 25.0. The molecule has 9 nitrogen and oxygen atoms in total. The van der Waals surface area contributed by atoms with Crippen molar-refractivity contribution < 1.29 is 14.3 Å². The van der Waals surface area contributed by atoms with Crippen LogP contribution in [-0.2, 0) is 20.8 Å². The normalized spacial score (nSPS) is 22.4. The van der Waals surface area contributed by atoms with Crippen LogP contribution in [0.2, 0.25) is 0 Å². The number of aromatic nitrogens is 3. The van der Waals surface area contributed by atoms with Crippen molar-refractivity contribution >= 4 is 28.7 Å². The maximum absolute atomic E-state index is 12.3. The monoisotopic (exact) mass is 516 g/mol. The third-order valence-corrected chi connectivity index (χ3v) is 7.96. The van der Waals surface area contributed by atoms with Crippen molar-refractivity contribution in [3.8, 4) is 11.3 Å². The minimum Gasteiger partial charge on any atom is -0.377 e. The van der Waals surface area contributed by atoms with Crippen molar-refractivity contribution in [2.24, 2.45) is 5.92 Å². The lowest BCUT2D eigenvalue weighted by Crippen LogP contribution is -2.46. The van der Waals surface area contributed by atoms with Gasteiger partial charge in [0.1, 0.15) is 5.82 Å². The van der Waals surface area contributed by atoms with Crippen molar-refractivity contribution in [2.75, 3.05) is 49.3 Å². The van der Waals surface area contributed by atoms with Gasteiger partial charge in [-0.1, -0.05) is 24.6 Å². The summed E-state index contributed by atoms with van der Waals surface area (Å²) < 4.78 is 11.4. The van der Waals surface area contributed by atoms with Gasteiger partial charge < -0.3 is 24.6 Å². The van der Waals surface area contributed by atoms with E-state index in [0.29, 0.717) is 44.6 Å². The molecule has 0 bridgehead atoms. The molecule has 0 radical (unpaired) electrons. The molecule has 2 saturated heterocycles. The van der Waals surface area contributed by atoms with E-state index in [1.54, 1.807) is 0 Å². The second kappa shape index (κ2) is 10.8. The van der Waals surface area contributed by atoms with Gasteiger partial charge in [0.25, 0.3) is 0 Å². The Morgan fingerprint density at radius 2 is 1.74 bits per heavy atom. The zero-order valence-electron chi connectivity index (χ0n) is 22.2. The number of fused-ring (bicyclic) bond motifs is 1. The van der Waals surface area contributed by atoms with Crippen molar-refractivity contribution in [1.29, 1.82) is 0 Å². The Labute approximate surface area is 223 Å². The molecule has 0 spiro atoms. The van der Waals surface area contributed by atoms with Gasteiger partial charge >= 0.3 is 0 Å². The minimum atomic E-state index is 0.164. The molecule has 1 aliphatic carbocycles. The Hall–Kier alpha value is -3.30. The fraction of sp³-hybridized carbons (Fsp3) is 0.517. The fourth-order valence-electron chi connectivity index (χ4n) is 5.40. The molecule has 0 unspecified atom stereocenters. The average molecular weight is 517 g/mol. The number of ether oxygens (including phenoxy) is 2. The predicted octanol–water partition coefficient (Wildman–Crippen LogP) is 3.56. The summed E-state index contributed by atoms with van der Waals surface area (Å²) in [4.78, 5) is 31.9. The molecule has 200 valence electrons. The molecule has 9 heteroatoms. The van der Waals surface area contributed by atoms with Gasteiger partial charge in [-0.2, -0.15) is 9.97 Å². The van der Waals surface area contributed by atoms with E-state index in [-0.39, 0.29) is 23.9 Å². The van der Waals surface area contributed by atoms with Crippen LogP contribution in [0, 0.1) is 5.92 Å². The first-order valence-corrected chi connectivity index (χ1v) is 13.8. The van der Waals surface area contributed by atoms with Crippen molar-refractivity contribution in [2.45, 2.75) is 51.7 Å². The molecule has 1 amide bonds. The van der Waals surface area contributed by atoms with Crippen LogP contribution in [-0.4, -0.2) is 72.5 Å². The second-order valence-corrected chi connectivity index (χ2v) is 10.7. The summed E-state index contributed by atoms with van der Waals surface area (Å²) >= 11 is 0. The van der Waals surface area contributed by atoms with Gasteiger partial charge in [-0.15, -0.1) is 0 Å². The molecular formula is C29H36N6O3. The van der Waals surface area contributed by atoms with Crippen LogP contribution in [0.1, 0.15) is 38.7 Å². The molecule has 1 aromatic carbocycles. The number of carbonyl (C=O) groups is 1. The summed E-state index contributed by atoms with van der Waals surface area (Å²) in [7, 11) is 0. The van der Waals surface area contributed by atoms with E-state index >= 15 is 0 Å². The summed E-state index contributed by atoms with van der Waals surface area (Å²) in [6.07, 6.45) is 3.17. The third kappa shape index (κ3) is 5.05. The molecule has 4 heterocycles. The van der Waals surface area contributed by atoms with Crippen molar-refractivity contribution in [1.82, 2.24) is 20.3 Å². The number of amides is 1. The second-order valence-electron chi connectivity index (χ2n) is 10.7. The van der Waals surface area contributed by atoms with E-state index in [0.717, 1.165) is 60.4 Å². The number of hydrogen-bond acceptors (Lipinski definition) is 8. The van der Waals surface area contributed by atoms with E-state index < -0.39 is 0 Å². The van der Waals surface area contributed by atoms with Crippen molar-refractivity contribution in [3.63, 3.8) is 0 Å². The van der Waals surface area contributed by atoms with Gasteiger partial charge in [-0.3, -0.25) is 4.79 Å². The predicted molar refractivity (Wildman–Crippen MR) is 147 cm³/mol. The van der Waals surface area contributed by atoms with Gasteiger partial charge in [-0.25, -0.2) is 4.98 Å². The average Bonchev–Trinajstić information content (AvgIpc) is 2.91. The lowest BCUT2D eigenvalue weighted by molar-refractivity contribution is -0.127. The molecule has 38 heavy (non-hydrogen) atoms. The number of rotatable bonds is 6. The molecule has 1 saturated carbocycles. The number of nitrogens with one attached hydrogen (secondary N) is 1. The highest BCUT2D eigenvalue weighted by Crippen LogP contribution is 2.31. The highest BCUT2D eigenvalue weighted by atomic mass is 16.5. The molecule has 3 aromatic rings. The molecular weight excluding hydrogens is 480 g/mol. The van der Waals surface area contributed by atoms with Crippen LogP contribution in [0.25, 0.3) is 22.3 Å². The smallest absolute Gasteiger partial charge is 0.229 e. The largest absolute Gasteiger partial charge is 0.377 e. The first-order valence-electron chi connectivity index (χ1n) is 13.8. The Balaban J connectivity index is 1.34. The van der Waals surface area contributed by atoms with Gasteiger partial charge in [-0.05, 0) is 50.5 Å². The number of pyridine rings is 1. The molecule has 2 atom stereocenters. The maximum atomic E-state index is 12.3. The van der Waals surface area contributed by atoms with Crippen LogP contribution in [0.15, 0.2) is 36.4 Å². The summed E-state index contributed by atoms with van der Waals surface area (Å²) in [5.41, 5.74) is 3.60. The maximum Gasteiger partial charge on any atom is 0.229 e. The molecule has 1 N–H and O–H groups in total. The summed E-state index contributed by atoms with van der Waals surface area (Å²) in [5.74, 6) is 1.95. The highest BCUT2D eigenvalue weighted by molar-refractivity contribution is 5.90. The fourth-order valence-corrected chi connectivity index (χ4v) is 5.40. The van der Waals surface area contributed by atoms with Crippen LogP contribution in [0.3, 0.4) is 0 Å². The van der Waals surface area contributed by atoms with Crippen LogP contribution >= 0.6 is 0 Å². The number of nitrogens with zero attached hydrogens (tertiary/aromatic N) is 5. The molecule has 6 rings (SSSR count). The van der Waals surface area contributed by atoms with Crippen LogP contribution in [0.5, 0.6) is 0 Å². The minimum absolute atomic E-state index is 0.164. The summed E-state index contributed by atoms with van der Waals surface area (Å²) in [5, 5.41) is 4.03. The molecule has 2 aromatic heterocycles. The Morgan fingerprint density at radius 1 is 0.974 bits per heavy atom. The number of carbonyl (C=O) groups excluding carboxylic acids is 1. The SMILES string of the molecule is C[C@H]1COCCN1c1nc(N2CCOC[C@@H]2C)c2ccc(-c3cccc(CNC(=O)C4CCC4)c3)nc2n1. The number of hydrogen-bond donors (Lipinski definition) is 1. The van der Waals surface area contributed by atoms with E-state index in [2.05, 4.69) is 47.2 Å². The lowest BCUT2D eigenvalue weighted by Gasteiger charge is -2.37. The summed E-state index contributed by atoms with van der Waals surface area (Å²) in [6.45, 7) is 9.02. The standard InChI is InChI=1S/C29H36N6O3/c1-19-17-37-13-11-34(19)27-24-9-10-25(31-26(24)32-29(33-27)35-12-14-38-18-20(35)2)23-8-3-5-21(15-23)16-30-28(36)22-6-4-7-22/h3,5,8-10,15,19-20,22H,4,6-7,11-14,16-18H2,1-2H3,(H,30,36)/t19-,20-/m0/s1. The van der Waals surface area contributed by atoms with E-state index in [1.165, 1.54) is 0 Å². The van der Waals surface area contributed by atoms with Gasteiger partial charge in [0, 0.05) is 31.1 Å². The lowest BCUT2D eigenvalue weighted by atomic mass is 9.85. The number of benzene rings is 1.